The zero-order valence-corrected chi connectivity index (χ0v) is 18.0. The Morgan fingerprint density at radius 3 is 2.29 bits per heavy atom. The van der Waals surface area contributed by atoms with Gasteiger partial charge in [-0.05, 0) is 32.9 Å². The van der Waals surface area contributed by atoms with Gasteiger partial charge in [-0.25, -0.2) is 0 Å². The third-order valence-electron chi connectivity index (χ3n) is 4.38. The smallest absolute Gasteiger partial charge is 0.327 e. The van der Waals surface area contributed by atoms with Crippen molar-refractivity contribution in [2.45, 2.75) is 39.5 Å². The van der Waals surface area contributed by atoms with Gasteiger partial charge in [-0.3, -0.25) is 23.6 Å². The molecule has 0 aliphatic heterocycles. The number of benzene rings is 1. The summed E-state index contributed by atoms with van der Waals surface area (Å²) in [7, 11) is 1.30. The number of methoxy groups -OCH3 is 1. The van der Waals surface area contributed by atoms with E-state index in [0.717, 1.165) is 5.56 Å². The second-order valence-corrected chi connectivity index (χ2v) is 7.94. The van der Waals surface area contributed by atoms with Crippen molar-refractivity contribution in [1.29, 1.82) is 0 Å². The third kappa shape index (κ3) is 5.48. The number of hydrogen-bond donors (Lipinski definition) is 0. The van der Waals surface area contributed by atoms with Gasteiger partial charge in [0, 0.05) is 11.6 Å². The molecule has 0 aliphatic rings. The van der Waals surface area contributed by atoms with Crippen LogP contribution >= 0.6 is 0 Å². The van der Waals surface area contributed by atoms with Crippen molar-refractivity contribution >= 4 is 11.9 Å². The minimum Gasteiger partial charge on any atom is -0.468 e. The lowest BCUT2D eigenvalue weighted by atomic mass is 10.1. The Morgan fingerprint density at radius 2 is 1.65 bits per heavy atom. The molecular weight excluding hydrogens is 398 g/mol. The standard InChI is InChI=1S/C23H25N3O5/c1-23(2,3)31-22(29)14-25-18(11-8-12-20(25)27)19-13-17(16-9-6-5-7-10-16)24-26(19)15-21(28)30-4/h5-13H,14-15H2,1-4H3. The summed E-state index contributed by atoms with van der Waals surface area (Å²) in [6.45, 7) is 4.87. The van der Waals surface area contributed by atoms with E-state index in [1.807, 2.05) is 30.3 Å². The van der Waals surface area contributed by atoms with Crippen molar-refractivity contribution in [2.24, 2.45) is 0 Å². The zero-order chi connectivity index (χ0) is 22.6. The average Bonchev–Trinajstić information content (AvgIpc) is 3.12. The highest BCUT2D eigenvalue weighted by atomic mass is 16.6. The lowest BCUT2D eigenvalue weighted by Gasteiger charge is -2.20. The molecule has 1 aromatic carbocycles. The van der Waals surface area contributed by atoms with Gasteiger partial charge in [0.2, 0.25) is 0 Å². The second-order valence-electron chi connectivity index (χ2n) is 7.94. The quantitative estimate of drug-likeness (QED) is 0.566. The largest absolute Gasteiger partial charge is 0.468 e. The molecule has 2 aromatic heterocycles. The molecule has 0 saturated heterocycles. The number of pyridine rings is 1. The Morgan fingerprint density at radius 1 is 0.935 bits per heavy atom. The normalized spacial score (nSPS) is 11.2. The van der Waals surface area contributed by atoms with Gasteiger partial charge in [-0.2, -0.15) is 5.10 Å². The Labute approximate surface area is 180 Å². The van der Waals surface area contributed by atoms with E-state index in [9.17, 15) is 14.4 Å². The molecule has 0 saturated carbocycles. The lowest BCUT2D eigenvalue weighted by Crippen LogP contribution is -2.31. The van der Waals surface area contributed by atoms with Crippen LogP contribution in [0.3, 0.4) is 0 Å². The van der Waals surface area contributed by atoms with E-state index < -0.39 is 17.5 Å². The maximum Gasteiger partial charge on any atom is 0.327 e. The predicted molar refractivity (Wildman–Crippen MR) is 115 cm³/mol. The van der Waals surface area contributed by atoms with Crippen LogP contribution in [-0.4, -0.2) is 39.0 Å². The molecule has 162 valence electrons. The molecule has 0 radical (unpaired) electrons. The van der Waals surface area contributed by atoms with Gasteiger partial charge in [-0.15, -0.1) is 0 Å². The molecule has 0 unspecified atom stereocenters. The molecule has 0 amide bonds. The van der Waals surface area contributed by atoms with Gasteiger partial charge in [0.25, 0.3) is 5.56 Å². The fraction of sp³-hybridized carbons (Fsp3) is 0.304. The van der Waals surface area contributed by atoms with Crippen molar-refractivity contribution in [2.75, 3.05) is 7.11 Å². The Hall–Kier alpha value is -3.68. The number of esters is 2. The number of carbonyl (C=O) groups is 2. The SMILES string of the molecule is COC(=O)Cn1nc(-c2ccccc2)cc1-c1cccc(=O)n1CC(=O)OC(C)(C)C. The van der Waals surface area contributed by atoms with Crippen LogP contribution in [-0.2, 0) is 32.2 Å². The summed E-state index contributed by atoms with van der Waals surface area (Å²) in [5.41, 5.74) is 1.38. The van der Waals surface area contributed by atoms with Crippen LogP contribution < -0.4 is 5.56 Å². The number of hydrogen-bond acceptors (Lipinski definition) is 6. The van der Waals surface area contributed by atoms with Crippen LogP contribution in [0.5, 0.6) is 0 Å². The van der Waals surface area contributed by atoms with Crippen molar-refractivity contribution < 1.29 is 19.1 Å². The number of nitrogens with zero attached hydrogens (tertiary/aromatic N) is 3. The Bertz CT molecular complexity index is 1140. The van der Waals surface area contributed by atoms with Gasteiger partial charge in [0.15, 0.2) is 0 Å². The van der Waals surface area contributed by atoms with Crippen LogP contribution in [0.25, 0.3) is 22.6 Å². The van der Waals surface area contributed by atoms with Gasteiger partial charge < -0.3 is 9.47 Å². The molecule has 0 spiro atoms. The first-order valence-corrected chi connectivity index (χ1v) is 9.80. The summed E-state index contributed by atoms with van der Waals surface area (Å²) >= 11 is 0. The van der Waals surface area contributed by atoms with Crippen LogP contribution in [0.15, 0.2) is 59.4 Å². The molecule has 31 heavy (non-hydrogen) atoms. The first-order valence-electron chi connectivity index (χ1n) is 9.80. The fourth-order valence-corrected chi connectivity index (χ4v) is 3.09. The number of ether oxygens (including phenoxy) is 2. The minimum absolute atomic E-state index is 0.145. The van der Waals surface area contributed by atoms with Crippen LogP contribution in [0.1, 0.15) is 20.8 Å². The van der Waals surface area contributed by atoms with E-state index in [1.165, 1.54) is 22.4 Å². The van der Waals surface area contributed by atoms with Crippen LogP contribution in [0.4, 0.5) is 0 Å². The third-order valence-corrected chi connectivity index (χ3v) is 4.38. The van der Waals surface area contributed by atoms with Crippen molar-refractivity contribution in [3.63, 3.8) is 0 Å². The van der Waals surface area contributed by atoms with Gasteiger partial charge in [-0.1, -0.05) is 36.4 Å². The maximum absolute atomic E-state index is 12.6. The lowest BCUT2D eigenvalue weighted by molar-refractivity contribution is -0.155. The van der Waals surface area contributed by atoms with E-state index >= 15 is 0 Å². The number of carbonyl (C=O) groups excluding carboxylic acids is 2. The predicted octanol–water partition coefficient (Wildman–Crippen LogP) is 2.89. The van der Waals surface area contributed by atoms with Gasteiger partial charge in [0.05, 0.1) is 24.2 Å². The van der Waals surface area contributed by atoms with Crippen molar-refractivity contribution in [3.8, 4) is 22.6 Å². The second kappa shape index (κ2) is 8.99. The molecule has 2 heterocycles. The Kier molecular flexibility index (Phi) is 6.39. The molecular formula is C23H25N3O5. The average molecular weight is 423 g/mol. The topological polar surface area (TPSA) is 92.4 Å². The highest BCUT2D eigenvalue weighted by Crippen LogP contribution is 2.26. The van der Waals surface area contributed by atoms with Crippen LogP contribution in [0.2, 0.25) is 0 Å². The minimum atomic E-state index is -0.678. The molecule has 0 fully saturated rings. The molecule has 0 aliphatic carbocycles. The highest BCUT2D eigenvalue weighted by molar-refractivity contribution is 5.74. The van der Waals surface area contributed by atoms with E-state index in [1.54, 1.807) is 39.0 Å². The summed E-state index contributed by atoms with van der Waals surface area (Å²) in [6, 6.07) is 15.9. The number of rotatable bonds is 6. The first kappa shape index (κ1) is 22.0. The summed E-state index contributed by atoms with van der Waals surface area (Å²) < 4.78 is 12.9. The zero-order valence-electron chi connectivity index (χ0n) is 18.0. The molecule has 3 rings (SSSR count). The van der Waals surface area contributed by atoms with E-state index in [4.69, 9.17) is 9.47 Å². The Balaban J connectivity index is 2.10. The van der Waals surface area contributed by atoms with E-state index in [2.05, 4.69) is 5.10 Å². The van der Waals surface area contributed by atoms with Crippen molar-refractivity contribution in [3.05, 3.63) is 65.0 Å². The molecule has 0 bridgehead atoms. The van der Waals surface area contributed by atoms with Crippen molar-refractivity contribution in [1.82, 2.24) is 14.3 Å². The molecule has 0 N–H and O–H groups in total. The monoisotopic (exact) mass is 423 g/mol. The molecule has 8 heteroatoms. The van der Waals surface area contributed by atoms with Gasteiger partial charge >= 0.3 is 11.9 Å². The fourth-order valence-electron chi connectivity index (χ4n) is 3.09. The van der Waals surface area contributed by atoms with E-state index in [0.29, 0.717) is 17.1 Å². The molecule has 8 nitrogen and oxygen atoms in total. The van der Waals surface area contributed by atoms with Gasteiger partial charge in [0.1, 0.15) is 18.7 Å². The molecule has 3 aromatic rings. The summed E-state index contributed by atoms with van der Waals surface area (Å²) in [4.78, 5) is 37.0. The summed E-state index contributed by atoms with van der Waals surface area (Å²) in [5.74, 6) is -1.02. The summed E-state index contributed by atoms with van der Waals surface area (Å²) in [6.07, 6.45) is 0. The highest BCUT2D eigenvalue weighted by Gasteiger charge is 2.21. The van der Waals surface area contributed by atoms with E-state index in [-0.39, 0.29) is 18.6 Å². The summed E-state index contributed by atoms with van der Waals surface area (Å²) in [5, 5.41) is 4.54. The maximum atomic E-state index is 12.6. The molecule has 0 atom stereocenters. The van der Waals surface area contributed by atoms with Crippen LogP contribution in [0, 0.1) is 0 Å². The number of aromatic nitrogens is 3. The first-order chi connectivity index (χ1) is 14.7.